The number of halogens is 4. The lowest BCUT2D eigenvalue weighted by molar-refractivity contribution is -0.139. The van der Waals surface area contributed by atoms with Gasteiger partial charge in [-0.15, -0.1) is 46.2 Å². The molecule has 4 N–H and O–H groups in total. The van der Waals surface area contributed by atoms with Crippen LogP contribution in [0, 0.1) is 0 Å². The number of anilines is 2. The van der Waals surface area contributed by atoms with Crippen molar-refractivity contribution in [3.05, 3.63) is 101 Å². The Kier molecular flexibility index (Phi) is 17.4. The van der Waals surface area contributed by atoms with Gasteiger partial charge in [-0.3, -0.25) is 28.8 Å². The van der Waals surface area contributed by atoms with Gasteiger partial charge < -0.3 is 20.8 Å². The van der Waals surface area contributed by atoms with Gasteiger partial charge in [0.2, 0.25) is 11.8 Å². The van der Waals surface area contributed by atoms with Gasteiger partial charge in [-0.25, -0.2) is 0 Å². The average molecular weight is 893 g/mol. The van der Waals surface area contributed by atoms with Gasteiger partial charge in [0, 0.05) is 20.9 Å². The van der Waals surface area contributed by atoms with E-state index in [1.165, 1.54) is 48.7 Å². The summed E-state index contributed by atoms with van der Waals surface area (Å²) in [4.78, 5) is 73.7. The van der Waals surface area contributed by atoms with Crippen molar-refractivity contribution in [1.82, 2.24) is 0 Å². The van der Waals surface area contributed by atoms with E-state index in [2.05, 4.69) is 10.6 Å². The van der Waals surface area contributed by atoms with Crippen LogP contribution in [0.5, 0.6) is 0 Å². The van der Waals surface area contributed by atoms with Gasteiger partial charge >= 0.3 is 11.9 Å². The number of carbonyl (C=O) groups excluding carboxylic acids is 4. The molecule has 2 amide bonds. The highest BCUT2D eigenvalue weighted by molar-refractivity contribution is 8.02. The van der Waals surface area contributed by atoms with Crippen LogP contribution < -0.4 is 10.6 Å². The number of amides is 2. The quantitative estimate of drug-likeness (QED) is 0.0795. The molecule has 0 radical (unpaired) electrons. The normalized spacial score (nSPS) is 11.0. The molecule has 2 aromatic heterocycles. The molecule has 0 aliphatic rings. The van der Waals surface area contributed by atoms with Crippen LogP contribution in [0.25, 0.3) is 0 Å². The molecule has 0 bridgehead atoms. The van der Waals surface area contributed by atoms with Gasteiger partial charge in [-0.2, -0.15) is 0 Å². The third kappa shape index (κ3) is 13.0. The lowest BCUT2D eigenvalue weighted by Gasteiger charge is -2.17. The molecule has 54 heavy (non-hydrogen) atoms. The van der Waals surface area contributed by atoms with Gasteiger partial charge in [0.1, 0.15) is 14.7 Å². The number of rotatable bonds is 16. The Bertz CT molecular complexity index is 2070. The summed E-state index contributed by atoms with van der Waals surface area (Å²) >= 11 is 28.4. The SMILES string of the molecule is CCc1cc(C(=O)c2ccc(Cl)c(Cl)c2)c(NC(=O)CSC(C)(C)C(=O)O)s1.CCc1cc(C(=O)c2ccc(Cl)c(Cl)c2)c(NC(=O)CSCC(=O)O)s1. The number of hydrogen-bond donors (Lipinski definition) is 4. The molecule has 4 rings (SSSR count). The van der Waals surface area contributed by atoms with Crippen molar-refractivity contribution in [2.45, 2.75) is 45.3 Å². The lowest BCUT2D eigenvalue weighted by Crippen LogP contribution is -2.29. The smallest absolute Gasteiger partial charge is 0.319 e. The molecule has 2 aromatic carbocycles. The topological polar surface area (TPSA) is 167 Å². The minimum absolute atomic E-state index is 0.00788. The Morgan fingerprint density at radius 1 is 0.648 bits per heavy atom. The number of aryl methyl sites for hydroxylation is 2. The highest BCUT2D eigenvalue weighted by Gasteiger charge is 2.29. The molecule has 0 fully saturated rings. The maximum Gasteiger partial charge on any atom is 0.319 e. The fourth-order valence-corrected chi connectivity index (χ4v) is 8.04. The zero-order valence-electron chi connectivity index (χ0n) is 29.1. The first kappa shape index (κ1) is 45.3. The summed E-state index contributed by atoms with van der Waals surface area (Å²) in [6.07, 6.45) is 1.43. The summed E-state index contributed by atoms with van der Waals surface area (Å²) in [6.45, 7) is 6.98. The number of ketones is 2. The predicted octanol–water partition coefficient (Wildman–Crippen LogP) is 9.99. The van der Waals surface area contributed by atoms with E-state index in [1.807, 2.05) is 13.8 Å². The first-order valence-corrected chi connectivity index (χ1v) is 21.2. The molecule has 18 heteroatoms. The third-order valence-electron chi connectivity index (χ3n) is 7.16. The van der Waals surface area contributed by atoms with Crippen molar-refractivity contribution in [3.8, 4) is 0 Å². The van der Waals surface area contributed by atoms with Crippen LogP contribution >= 0.6 is 92.6 Å². The summed E-state index contributed by atoms with van der Waals surface area (Å²) in [5, 5.41) is 25.3. The maximum absolute atomic E-state index is 12.9. The number of benzene rings is 2. The maximum atomic E-state index is 12.9. The van der Waals surface area contributed by atoms with Crippen LogP contribution in [-0.2, 0) is 32.0 Å². The first-order valence-electron chi connectivity index (χ1n) is 15.9. The number of carboxylic acids is 2. The fraction of sp³-hybridized carbons (Fsp3) is 0.278. The molecule has 2 heterocycles. The number of hydrogen-bond acceptors (Lipinski definition) is 10. The van der Waals surface area contributed by atoms with Crippen molar-refractivity contribution in [3.63, 3.8) is 0 Å². The summed E-state index contributed by atoms with van der Waals surface area (Å²) in [7, 11) is 0. The highest BCUT2D eigenvalue weighted by atomic mass is 35.5. The molecule has 4 aromatic rings. The van der Waals surface area contributed by atoms with E-state index in [9.17, 15) is 28.8 Å². The molecular weight excluding hydrogens is 858 g/mol. The van der Waals surface area contributed by atoms with Crippen molar-refractivity contribution in [2.75, 3.05) is 27.9 Å². The molecule has 0 spiro atoms. The van der Waals surface area contributed by atoms with E-state index in [-0.39, 0.29) is 50.7 Å². The Morgan fingerprint density at radius 2 is 1.07 bits per heavy atom. The molecule has 288 valence electrons. The zero-order chi connectivity index (χ0) is 40.3. The van der Waals surface area contributed by atoms with Crippen LogP contribution in [0.2, 0.25) is 20.1 Å². The molecule has 0 unspecified atom stereocenters. The number of carboxylic acid groups (broad SMARTS) is 2. The van der Waals surface area contributed by atoms with Gasteiger partial charge in [-0.1, -0.05) is 60.3 Å². The van der Waals surface area contributed by atoms with Gasteiger partial charge in [0.25, 0.3) is 0 Å². The fourth-order valence-electron chi connectivity index (χ4n) is 4.21. The molecule has 10 nitrogen and oxygen atoms in total. The molecule has 0 saturated heterocycles. The largest absolute Gasteiger partial charge is 0.481 e. The summed E-state index contributed by atoms with van der Waals surface area (Å²) in [6, 6.07) is 12.7. The molecule has 0 aliphatic heterocycles. The van der Waals surface area contributed by atoms with E-state index >= 15 is 0 Å². The van der Waals surface area contributed by atoms with E-state index in [0.717, 1.165) is 39.7 Å². The van der Waals surface area contributed by atoms with E-state index in [1.54, 1.807) is 36.4 Å². The number of nitrogens with one attached hydrogen (secondary N) is 2. The van der Waals surface area contributed by atoms with Crippen LogP contribution in [0.3, 0.4) is 0 Å². The molecule has 0 atom stereocenters. The number of aliphatic carboxylic acids is 2. The van der Waals surface area contributed by atoms with E-state index < -0.39 is 16.7 Å². The molecular formula is C36H34Cl4N2O8S4. The number of thioether (sulfide) groups is 2. The minimum atomic E-state index is -1.08. The van der Waals surface area contributed by atoms with Crippen molar-refractivity contribution >= 4 is 138 Å². The Labute approximate surface area is 348 Å². The van der Waals surface area contributed by atoms with Crippen LogP contribution in [-0.4, -0.2) is 67.5 Å². The first-order chi connectivity index (χ1) is 25.4. The van der Waals surface area contributed by atoms with E-state index in [4.69, 9.17) is 56.6 Å². The van der Waals surface area contributed by atoms with Crippen molar-refractivity contribution in [1.29, 1.82) is 0 Å². The highest BCUT2D eigenvalue weighted by Crippen LogP contribution is 2.34. The van der Waals surface area contributed by atoms with Gasteiger partial charge in [0.05, 0.1) is 48.5 Å². The van der Waals surface area contributed by atoms with Crippen molar-refractivity contribution in [2.24, 2.45) is 0 Å². The van der Waals surface area contributed by atoms with Crippen LogP contribution in [0.4, 0.5) is 10.0 Å². The minimum Gasteiger partial charge on any atom is -0.481 e. The average Bonchev–Trinajstić information content (AvgIpc) is 3.72. The molecule has 0 aliphatic carbocycles. The van der Waals surface area contributed by atoms with Crippen LogP contribution in [0.15, 0.2) is 48.5 Å². The Hall–Kier alpha value is -3.08. The summed E-state index contributed by atoms with van der Waals surface area (Å²) in [5.74, 6) is -3.46. The summed E-state index contributed by atoms with van der Waals surface area (Å²) < 4.78 is -1.08. The van der Waals surface area contributed by atoms with Gasteiger partial charge in [-0.05, 0) is 75.2 Å². The second kappa shape index (κ2) is 20.7. The monoisotopic (exact) mass is 890 g/mol. The second-order valence-electron chi connectivity index (χ2n) is 11.6. The Balaban J connectivity index is 0.000000291. The van der Waals surface area contributed by atoms with Crippen LogP contribution in [0.1, 0.15) is 69.3 Å². The van der Waals surface area contributed by atoms with Gasteiger partial charge in [0.15, 0.2) is 11.6 Å². The third-order valence-corrected chi connectivity index (χ3v) is 13.2. The second-order valence-corrected chi connectivity index (χ2v) is 18.1. The molecule has 0 saturated carbocycles. The van der Waals surface area contributed by atoms with E-state index in [0.29, 0.717) is 48.7 Å². The Morgan fingerprint density at radius 3 is 1.44 bits per heavy atom. The number of thiophene rings is 2. The predicted molar refractivity (Wildman–Crippen MR) is 224 cm³/mol. The number of carbonyl (C=O) groups is 6. The van der Waals surface area contributed by atoms with Crippen molar-refractivity contribution < 1.29 is 39.0 Å². The standard InChI is InChI=1S/C19H19Cl2NO4S2.C17H15Cl2NO4S2/c1-4-11-8-12(16(24)10-5-6-13(20)14(21)7-10)17(28-11)22-15(23)9-27-19(2,3)18(25)26;1-2-10-6-11(16(24)9-3-4-12(18)13(19)5-9)17(26-10)20-14(21)7-25-8-15(22)23/h5-8H,4,9H2,1-3H3,(H,22,23)(H,25,26);3-6H,2,7-8H2,1H3,(H,20,21)(H,22,23). The zero-order valence-corrected chi connectivity index (χ0v) is 35.4. The summed E-state index contributed by atoms with van der Waals surface area (Å²) in [5.41, 5.74) is 1.49. The lowest BCUT2D eigenvalue weighted by atomic mass is 10.0.